The largest absolute Gasteiger partial charge is 0.670 e. The van der Waals surface area contributed by atoms with E-state index in [0.717, 1.165) is 43.4 Å². The lowest BCUT2D eigenvalue weighted by molar-refractivity contribution is -0.137. The van der Waals surface area contributed by atoms with E-state index in [-0.39, 0.29) is 17.6 Å². The van der Waals surface area contributed by atoms with Gasteiger partial charge in [-0.2, -0.15) is 13.2 Å². The molecular formula is C22H24F3N2O-. The Hall–Kier alpha value is -2.50. The molecule has 1 fully saturated rings. The molecule has 0 aromatic heterocycles. The summed E-state index contributed by atoms with van der Waals surface area (Å²) in [6.07, 6.45) is 0.721. The summed E-state index contributed by atoms with van der Waals surface area (Å²) >= 11 is 0. The van der Waals surface area contributed by atoms with Crippen molar-refractivity contribution in [3.05, 3.63) is 70.5 Å². The van der Waals surface area contributed by atoms with Gasteiger partial charge in [0, 0.05) is 6.04 Å². The van der Waals surface area contributed by atoms with Crippen molar-refractivity contribution in [3.8, 4) is 0 Å². The van der Waals surface area contributed by atoms with Gasteiger partial charge in [0.2, 0.25) is 5.91 Å². The molecule has 150 valence electrons. The van der Waals surface area contributed by atoms with Crippen molar-refractivity contribution in [2.75, 3.05) is 0 Å². The van der Waals surface area contributed by atoms with Crippen molar-refractivity contribution in [1.82, 2.24) is 5.32 Å². The Morgan fingerprint density at radius 1 is 1.07 bits per heavy atom. The molecule has 3 nitrogen and oxygen atoms in total. The van der Waals surface area contributed by atoms with Gasteiger partial charge < -0.3 is 10.6 Å². The van der Waals surface area contributed by atoms with E-state index in [1.165, 1.54) is 18.6 Å². The van der Waals surface area contributed by atoms with E-state index in [9.17, 15) is 18.0 Å². The molecule has 1 aliphatic rings. The van der Waals surface area contributed by atoms with Gasteiger partial charge in [-0.25, -0.2) is 0 Å². The molecule has 28 heavy (non-hydrogen) atoms. The maximum Gasteiger partial charge on any atom is 0.416 e. The normalized spacial score (nSPS) is 16.4. The second-order valence-electron chi connectivity index (χ2n) is 7.34. The number of hydrogen-bond donors (Lipinski definition) is 1. The van der Waals surface area contributed by atoms with E-state index < -0.39 is 17.8 Å². The van der Waals surface area contributed by atoms with E-state index in [1.54, 1.807) is 6.07 Å². The van der Waals surface area contributed by atoms with Crippen LogP contribution in [0.15, 0.2) is 48.5 Å². The first kappa shape index (κ1) is 20.2. The number of alkyl halides is 3. The molecule has 0 spiro atoms. The Kier molecular flexibility index (Phi) is 6.27. The van der Waals surface area contributed by atoms with Gasteiger partial charge in [0.15, 0.2) is 0 Å². The Morgan fingerprint density at radius 3 is 2.46 bits per heavy atom. The van der Waals surface area contributed by atoms with Crippen molar-refractivity contribution < 1.29 is 18.0 Å². The van der Waals surface area contributed by atoms with Gasteiger partial charge in [-0.05, 0) is 25.8 Å². The second-order valence-corrected chi connectivity index (χ2v) is 7.34. The van der Waals surface area contributed by atoms with Crippen molar-refractivity contribution in [1.29, 1.82) is 0 Å². The van der Waals surface area contributed by atoms with E-state index in [1.807, 2.05) is 25.1 Å². The number of rotatable bonds is 5. The van der Waals surface area contributed by atoms with Gasteiger partial charge in [0.05, 0.1) is 5.56 Å². The molecule has 0 radical (unpaired) electrons. The minimum atomic E-state index is -4.45. The number of nitrogens with one attached hydrogen (secondary N) is 1. The highest BCUT2D eigenvalue weighted by Gasteiger charge is 2.30. The third-order valence-corrected chi connectivity index (χ3v) is 5.01. The summed E-state index contributed by atoms with van der Waals surface area (Å²) in [5.41, 5.74) is 1.00. The van der Waals surface area contributed by atoms with Gasteiger partial charge in [-0.1, -0.05) is 78.9 Å². The van der Waals surface area contributed by atoms with Crippen LogP contribution in [-0.2, 0) is 11.0 Å². The quantitative estimate of drug-likeness (QED) is 0.649. The maximum absolute atomic E-state index is 13.0. The number of halogens is 3. The summed E-state index contributed by atoms with van der Waals surface area (Å²) in [5, 5.41) is 7.44. The summed E-state index contributed by atoms with van der Waals surface area (Å²) in [4.78, 5) is 13.0. The molecule has 1 atom stereocenters. The third kappa shape index (κ3) is 5.27. The second kappa shape index (κ2) is 8.67. The summed E-state index contributed by atoms with van der Waals surface area (Å²) < 4.78 is 39.1. The van der Waals surface area contributed by atoms with Crippen LogP contribution in [-0.4, -0.2) is 11.9 Å². The van der Waals surface area contributed by atoms with Crippen LogP contribution in [0.3, 0.4) is 0 Å². The Morgan fingerprint density at radius 2 is 1.79 bits per heavy atom. The molecular weight excluding hydrogens is 365 g/mol. The van der Waals surface area contributed by atoms with E-state index in [2.05, 4.69) is 10.6 Å². The fourth-order valence-electron chi connectivity index (χ4n) is 3.56. The fourth-order valence-corrected chi connectivity index (χ4v) is 3.56. The van der Waals surface area contributed by atoms with Crippen LogP contribution in [0.25, 0.3) is 5.32 Å². The van der Waals surface area contributed by atoms with Crippen LogP contribution in [0.1, 0.15) is 54.8 Å². The first-order valence-electron chi connectivity index (χ1n) is 9.58. The fraction of sp³-hybridized carbons (Fsp3) is 0.409. The highest BCUT2D eigenvalue weighted by atomic mass is 19.4. The van der Waals surface area contributed by atoms with Crippen molar-refractivity contribution >= 4 is 11.6 Å². The standard InChI is InChI=1S/C22H24F3N2O/c1-15-7-5-8-16(13-15)20(21(28)27-18-10-3-2-4-11-18)26-19-12-6-9-17(14-19)22(23,24)25/h5-9,12-14,18,20H,2-4,10-11H2,1H3,(H,27,28)/q-1. The summed E-state index contributed by atoms with van der Waals surface area (Å²) in [6.45, 7) is 1.91. The zero-order chi connectivity index (χ0) is 20.1. The van der Waals surface area contributed by atoms with E-state index in [4.69, 9.17) is 0 Å². The molecule has 2 aromatic rings. The molecule has 0 heterocycles. The Labute approximate surface area is 163 Å². The lowest BCUT2D eigenvalue weighted by Crippen LogP contribution is -2.38. The van der Waals surface area contributed by atoms with Crippen LogP contribution in [0, 0.1) is 6.92 Å². The van der Waals surface area contributed by atoms with Crippen molar-refractivity contribution in [2.45, 2.75) is 57.3 Å². The van der Waals surface area contributed by atoms with Gasteiger partial charge >= 0.3 is 6.18 Å². The first-order valence-corrected chi connectivity index (χ1v) is 9.58. The molecule has 6 heteroatoms. The summed E-state index contributed by atoms with van der Waals surface area (Å²) in [5.74, 6) is -0.269. The average molecular weight is 389 g/mol. The van der Waals surface area contributed by atoms with Gasteiger partial charge in [-0.15, -0.1) is 5.69 Å². The zero-order valence-electron chi connectivity index (χ0n) is 15.8. The van der Waals surface area contributed by atoms with Gasteiger partial charge in [0.25, 0.3) is 0 Å². The highest BCUT2D eigenvalue weighted by Crippen LogP contribution is 2.37. The van der Waals surface area contributed by atoms with E-state index >= 15 is 0 Å². The van der Waals surface area contributed by atoms with Crippen LogP contribution in [0.2, 0.25) is 0 Å². The smallest absolute Gasteiger partial charge is 0.416 e. The predicted octanol–water partition coefficient (Wildman–Crippen LogP) is 6.21. The molecule has 0 bridgehead atoms. The summed E-state index contributed by atoms with van der Waals surface area (Å²) in [7, 11) is 0. The zero-order valence-corrected chi connectivity index (χ0v) is 15.8. The number of benzene rings is 2. The number of carbonyl (C=O) groups excluding carboxylic acids is 1. The van der Waals surface area contributed by atoms with Crippen molar-refractivity contribution in [3.63, 3.8) is 0 Å². The van der Waals surface area contributed by atoms with Crippen molar-refractivity contribution in [2.24, 2.45) is 0 Å². The van der Waals surface area contributed by atoms with Gasteiger partial charge in [-0.3, -0.25) is 4.79 Å². The molecule has 1 saturated carbocycles. The minimum Gasteiger partial charge on any atom is -0.670 e. The number of aryl methyl sites for hydroxylation is 1. The number of amides is 1. The highest BCUT2D eigenvalue weighted by molar-refractivity contribution is 5.88. The lowest BCUT2D eigenvalue weighted by atomic mass is 9.94. The molecule has 1 amide bonds. The lowest BCUT2D eigenvalue weighted by Gasteiger charge is -2.35. The molecule has 3 rings (SSSR count). The summed E-state index contributed by atoms with van der Waals surface area (Å²) in [6, 6.07) is 11.4. The van der Waals surface area contributed by atoms with Gasteiger partial charge in [0.1, 0.15) is 0 Å². The minimum absolute atomic E-state index is 0.102. The number of nitrogens with zero attached hydrogens (tertiary/aromatic N) is 1. The Bertz CT molecular complexity index is 813. The predicted molar refractivity (Wildman–Crippen MR) is 103 cm³/mol. The molecule has 0 saturated heterocycles. The number of hydrogen-bond acceptors (Lipinski definition) is 1. The van der Waals surface area contributed by atoms with E-state index in [0.29, 0.717) is 5.56 Å². The maximum atomic E-state index is 13.0. The number of carbonyl (C=O) groups is 1. The molecule has 1 unspecified atom stereocenters. The first-order chi connectivity index (χ1) is 13.3. The Balaban J connectivity index is 1.85. The SMILES string of the molecule is Cc1cccc(C([N-]c2cccc(C(F)(F)F)c2)C(=O)NC2CCCCC2)c1. The molecule has 1 N–H and O–H groups in total. The van der Waals surface area contributed by atoms with Crippen LogP contribution in [0.4, 0.5) is 18.9 Å². The molecule has 1 aliphatic carbocycles. The topological polar surface area (TPSA) is 43.2 Å². The molecule has 0 aliphatic heterocycles. The van der Waals surface area contributed by atoms with Crippen LogP contribution in [0.5, 0.6) is 0 Å². The third-order valence-electron chi connectivity index (χ3n) is 5.01. The van der Waals surface area contributed by atoms with Crippen LogP contribution < -0.4 is 5.32 Å². The van der Waals surface area contributed by atoms with Crippen LogP contribution >= 0.6 is 0 Å². The average Bonchev–Trinajstić information content (AvgIpc) is 2.66. The monoisotopic (exact) mass is 389 g/mol. The molecule has 2 aromatic carbocycles.